The summed E-state index contributed by atoms with van der Waals surface area (Å²) in [6.45, 7) is 8.24. The number of rotatable bonds is 10. The largest absolute Gasteiger partial charge is 0.492 e. The maximum atomic E-state index is 11.8. The molecule has 0 radical (unpaired) electrons. The lowest BCUT2D eigenvalue weighted by Gasteiger charge is -2.23. The number of hydrogen-bond acceptors (Lipinski definition) is 5. The van der Waals surface area contributed by atoms with Crippen LogP contribution < -0.4 is 14.2 Å². The van der Waals surface area contributed by atoms with Crippen molar-refractivity contribution in [3.05, 3.63) is 40.0 Å². The minimum atomic E-state index is -0.241. The molecule has 28 heavy (non-hydrogen) atoms. The number of esters is 1. The van der Waals surface area contributed by atoms with Crippen LogP contribution in [0.4, 0.5) is 0 Å². The van der Waals surface area contributed by atoms with Gasteiger partial charge in [-0.3, -0.25) is 4.79 Å². The standard InChI is InChI=1S/C23H34O5/c1-15(2)9-11-18-17(13-14-20(24)25-5)19(12-10-16(3)4)22(27-7)23(28-8)21(18)26-6/h9-10H,11-14H2,1-8H3. The zero-order chi connectivity index (χ0) is 21.3. The molecule has 1 aromatic carbocycles. The van der Waals surface area contributed by atoms with Crippen LogP contribution in [0.1, 0.15) is 50.8 Å². The number of carbonyl (C=O) groups is 1. The van der Waals surface area contributed by atoms with Crippen molar-refractivity contribution in [2.24, 2.45) is 0 Å². The Kier molecular flexibility index (Phi) is 9.63. The van der Waals surface area contributed by atoms with Gasteiger partial charge in [0.2, 0.25) is 5.75 Å². The third-order valence-electron chi connectivity index (χ3n) is 4.54. The lowest BCUT2D eigenvalue weighted by atomic mass is 9.90. The van der Waals surface area contributed by atoms with E-state index in [9.17, 15) is 4.79 Å². The molecule has 0 aliphatic heterocycles. The number of carbonyl (C=O) groups excluding carboxylic acids is 1. The average molecular weight is 391 g/mol. The minimum Gasteiger partial charge on any atom is -0.492 e. The Balaban J connectivity index is 3.78. The highest BCUT2D eigenvalue weighted by atomic mass is 16.5. The van der Waals surface area contributed by atoms with Gasteiger partial charge in [-0.2, -0.15) is 0 Å². The van der Waals surface area contributed by atoms with Crippen LogP contribution in [0.15, 0.2) is 23.3 Å². The molecule has 156 valence electrons. The molecule has 0 saturated carbocycles. The molecule has 0 N–H and O–H groups in total. The summed E-state index contributed by atoms with van der Waals surface area (Å²) in [5, 5.41) is 0. The van der Waals surface area contributed by atoms with E-state index < -0.39 is 0 Å². The zero-order valence-corrected chi connectivity index (χ0v) is 18.5. The first-order valence-electron chi connectivity index (χ1n) is 9.46. The van der Waals surface area contributed by atoms with Gasteiger partial charge in [0.05, 0.1) is 28.4 Å². The number of allylic oxidation sites excluding steroid dienone is 4. The SMILES string of the molecule is COC(=O)CCc1c(CC=C(C)C)c(OC)c(OC)c(OC)c1CC=C(C)C. The van der Waals surface area contributed by atoms with Gasteiger partial charge in [0.15, 0.2) is 11.5 Å². The second-order valence-electron chi connectivity index (χ2n) is 7.08. The Morgan fingerprint density at radius 1 is 0.714 bits per heavy atom. The van der Waals surface area contributed by atoms with Crippen molar-refractivity contribution in [2.45, 2.75) is 53.4 Å². The molecule has 0 aliphatic carbocycles. The summed E-state index contributed by atoms with van der Waals surface area (Å²) >= 11 is 0. The first-order valence-corrected chi connectivity index (χ1v) is 9.46. The van der Waals surface area contributed by atoms with E-state index >= 15 is 0 Å². The Morgan fingerprint density at radius 3 is 1.46 bits per heavy atom. The molecule has 0 aliphatic rings. The van der Waals surface area contributed by atoms with Crippen molar-refractivity contribution < 1.29 is 23.7 Å². The van der Waals surface area contributed by atoms with Crippen LogP contribution in [-0.4, -0.2) is 34.4 Å². The van der Waals surface area contributed by atoms with E-state index in [4.69, 9.17) is 18.9 Å². The lowest BCUT2D eigenvalue weighted by Crippen LogP contribution is -2.11. The predicted molar refractivity (Wildman–Crippen MR) is 113 cm³/mol. The van der Waals surface area contributed by atoms with Crippen LogP contribution >= 0.6 is 0 Å². The highest BCUT2D eigenvalue weighted by Gasteiger charge is 2.25. The summed E-state index contributed by atoms with van der Waals surface area (Å²) in [6, 6.07) is 0. The van der Waals surface area contributed by atoms with Crippen molar-refractivity contribution in [2.75, 3.05) is 28.4 Å². The Labute approximate surface area is 169 Å². The molecule has 0 spiro atoms. The van der Waals surface area contributed by atoms with Gasteiger partial charge in [-0.1, -0.05) is 23.3 Å². The number of hydrogen-bond donors (Lipinski definition) is 0. The van der Waals surface area contributed by atoms with Crippen molar-refractivity contribution in [1.82, 2.24) is 0 Å². The second-order valence-corrected chi connectivity index (χ2v) is 7.08. The summed E-state index contributed by atoms with van der Waals surface area (Å²) in [7, 11) is 6.28. The van der Waals surface area contributed by atoms with Gasteiger partial charge in [0.1, 0.15) is 0 Å². The number of methoxy groups -OCH3 is 4. The Hall–Kier alpha value is -2.43. The van der Waals surface area contributed by atoms with Gasteiger partial charge in [0, 0.05) is 17.5 Å². The Morgan fingerprint density at radius 2 is 1.14 bits per heavy atom. The molecule has 0 bridgehead atoms. The maximum Gasteiger partial charge on any atom is 0.305 e. The molecule has 5 nitrogen and oxygen atoms in total. The van der Waals surface area contributed by atoms with E-state index in [0.717, 1.165) is 16.7 Å². The highest BCUT2D eigenvalue weighted by Crippen LogP contribution is 2.46. The molecule has 1 aromatic rings. The fourth-order valence-corrected chi connectivity index (χ4v) is 3.13. The fourth-order valence-electron chi connectivity index (χ4n) is 3.13. The monoisotopic (exact) mass is 390 g/mol. The smallest absolute Gasteiger partial charge is 0.305 e. The summed E-state index contributed by atoms with van der Waals surface area (Å²) in [4.78, 5) is 11.8. The lowest BCUT2D eigenvalue weighted by molar-refractivity contribution is -0.140. The van der Waals surface area contributed by atoms with Crippen LogP contribution in [0.3, 0.4) is 0 Å². The molecule has 0 fully saturated rings. The summed E-state index contributed by atoms with van der Waals surface area (Å²) in [5.41, 5.74) is 5.50. The first-order chi connectivity index (χ1) is 13.3. The molecular formula is C23H34O5. The fraction of sp³-hybridized carbons (Fsp3) is 0.522. The molecule has 0 unspecified atom stereocenters. The Bertz CT molecular complexity index is 687. The van der Waals surface area contributed by atoms with Gasteiger partial charge in [-0.25, -0.2) is 0 Å². The van der Waals surface area contributed by atoms with E-state index in [1.807, 2.05) is 0 Å². The van der Waals surface area contributed by atoms with Crippen LogP contribution in [0, 0.1) is 0 Å². The molecule has 0 heterocycles. The van der Waals surface area contributed by atoms with Crippen LogP contribution in [0.2, 0.25) is 0 Å². The highest BCUT2D eigenvalue weighted by molar-refractivity contribution is 5.71. The van der Waals surface area contributed by atoms with Crippen LogP contribution in [0.5, 0.6) is 17.2 Å². The molecule has 0 saturated heterocycles. The zero-order valence-electron chi connectivity index (χ0n) is 18.5. The van der Waals surface area contributed by atoms with Crippen molar-refractivity contribution in [1.29, 1.82) is 0 Å². The van der Waals surface area contributed by atoms with E-state index in [2.05, 4.69) is 39.8 Å². The topological polar surface area (TPSA) is 54.0 Å². The predicted octanol–water partition coefficient (Wildman–Crippen LogP) is 4.84. The van der Waals surface area contributed by atoms with Gasteiger partial charge in [-0.05, 0) is 52.5 Å². The molecule has 0 aromatic heterocycles. The normalized spacial score (nSPS) is 10.1. The van der Waals surface area contributed by atoms with Crippen molar-refractivity contribution in [3.8, 4) is 17.2 Å². The van der Waals surface area contributed by atoms with Crippen LogP contribution in [0.25, 0.3) is 0 Å². The van der Waals surface area contributed by atoms with Gasteiger partial charge >= 0.3 is 5.97 Å². The number of ether oxygens (including phenoxy) is 4. The molecular weight excluding hydrogens is 356 g/mol. The quantitative estimate of drug-likeness (QED) is 0.423. The molecule has 0 amide bonds. The van der Waals surface area contributed by atoms with Crippen molar-refractivity contribution in [3.63, 3.8) is 0 Å². The van der Waals surface area contributed by atoms with E-state index in [-0.39, 0.29) is 5.97 Å². The third-order valence-corrected chi connectivity index (χ3v) is 4.54. The summed E-state index contributed by atoms with van der Waals surface area (Å²) in [5.74, 6) is 1.64. The van der Waals surface area contributed by atoms with E-state index in [0.29, 0.717) is 42.9 Å². The van der Waals surface area contributed by atoms with Gasteiger partial charge in [0.25, 0.3) is 0 Å². The number of benzene rings is 1. The molecule has 1 rings (SSSR count). The molecule has 5 heteroatoms. The third kappa shape index (κ3) is 6.04. The summed E-state index contributed by atoms with van der Waals surface area (Å²) < 4.78 is 22.0. The van der Waals surface area contributed by atoms with E-state index in [1.165, 1.54) is 18.3 Å². The van der Waals surface area contributed by atoms with Crippen molar-refractivity contribution >= 4 is 5.97 Å². The second kappa shape index (κ2) is 11.4. The first kappa shape index (κ1) is 23.6. The van der Waals surface area contributed by atoms with E-state index in [1.54, 1.807) is 21.3 Å². The maximum absolute atomic E-state index is 11.8. The average Bonchev–Trinajstić information content (AvgIpc) is 2.67. The summed E-state index contributed by atoms with van der Waals surface area (Å²) in [6.07, 6.45) is 6.50. The van der Waals surface area contributed by atoms with Gasteiger partial charge < -0.3 is 18.9 Å². The van der Waals surface area contributed by atoms with Crippen LogP contribution in [-0.2, 0) is 28.8 Å². The minimum absolute atomic E-state index is 0.241. The molecule has 0 atom stereocenters. The van der Waals surface area contributed by atoms with Gasteiger partial charge in [-0.15, -0.1) is 0 Å².